The van der Waals surface area contributed by atoms with Crippen molar-refractivity contribution < 1.29 is 14.7 Å². The largest absolute Gasteiger partial charge is 0.480 e. The van der Waals surface area contributed by atoms with Gasteiger partial charge in [-0.25, -0.2) is 4.79 Å². The van der Waals surface area contributed by atoms with E-state index in [-0.39, 0.29) is 5.91 Å². The lowest BCUT2D eigenvalue weighted by molar-refractivity contribution is -0.155. The zero-order valence-electron chi connectivity index (χ0n) is 8.04. The van der Waals surface area contributed by atoms with Crippen LogP contribution in [0.25, 0.3) is 0 Å². The average Bonchev–Trinajstić information content (AvgIpc) is 2.47. The highest BCUT2D eigenvalue weighted by molar-refractivity contribution is 5.87. The topological polar surface area (TPSA) is 57.6 Å². The van der Waals surface area contributed by atoms with Crippen LogP contribution in [0.2, 0.25) is 0 Å². The maximum absolute atomic E-state index is 11.4. The fourth-order valence-corrected chi connectivity index (χ4v) is 1.78. The zero-order chi connectivity index (χ0) is 10.1. The Labute approximate surface area is 77.5 Å². The van der Waals surface area contributed by atoms with Crippen molar-refractivity contribution in [2.24, 2.45) is 0 Å². The van der Waals surface area contributed by atoms with Crippen LogP contribution in [0.4, 0.5) is 0 Å². The molecule has 0 radical (unpaired) electrons. The predicted molar refractivity (Wildman–Crippen MR) is 47.3 cm³/mol. The fourth-order valence-electron chi connectivity index (χ4n) is 1.78. The molecule has 4 heteroatoms. The second-order valence-corrected chi connectivity index (χ2v) is 3.58. The molecule has 1 amide bonds. The van der Waals surface area contributed by atoms with E-state index in [2.05, 4.69) is 0 Å². The van der Waals surface area contributed by atoms with Crippen LogP contribution in [0, 0.1) is 0 Å². The summed E-state index contributed by atoms with van der Waals surface area (Å²) in [6, 6.07) is 0. The van der Waals surface area contributed by atoms with Gasteiger partial charge in [0.15, 0.2) is 0 Å². The van der Waals surface area contributed by atoms with Crippen molar-refractivity contribution in [1.29, 1.82) is 0 Å². The van der Waals surface area contributed by atoms with Crippen molar-refractivity contribution in [3.8, 4) is 0 Å². The molecule has 1 heterocycles. The van der Waals surface area contributed by atoms with Gasteiger partial charge < -0.3 is 10.0 Å². The van der Waals surface area contributed by atoms with E-state index >= 15 is 0 Å². The number of carboxylic acids is 1. The second-order valence-electron chi connectivity index (χ2n) is 3.58. The average molecular weight is 185 g/mol. The van der Waals surface area contributed by atoms with Gasteiger partial charge in [-0.3, -0.25) is 4.79 Å². The Kier molecular flexibility index (Phi) is 2.59. The Bertz CT molecular complexity index is 239. The van der Waals surface area contributed by atoms with Gasteiger partial charge in [0.1, 0.15) is 5.54 Å². The van der Waals surface area contributed by atoms with Crippen molar-refractivity contribution in [3.05, 3.63) is 0 Å². The second kappa shape index (κ2) is 3.36. The van der Waals surface area contributed by atoms with Crippen LogP contribution in [-0.2, 0) is 9.59 Å². The van der Waals surface area contributed by atoms with Crippen LogP contribution in [0.15, 0.2) is 0 Å². The minimum absolute atomic E-state index is 0.0672. The van der Waals surface area contributed by atoms with Crippen LogP contribution in [0.1, 0.15) is 33.1 Å². The molecule has 1 saturated heterocycles. The van der Waals surface area contributed by atoms with E-state index < -0.39 is 11.5 Å². The highest BCUT2D eigenvalue weighted by Crippen LogP contribution is 2.29. The van der Waals surface area contributed by atoms with Gasteiger partial charge in [0, 0.05) is 13.0 Å². The number of carbonyl (C=O) groups excluding carboxylic acids is 1. The van der Waals surface area contributed by atoms with Crippen LogP contribution < -0.4 is 0 Å². The Balaban J connectivity index is 2.85. The first kappa shape index (κ1) is 10.0. The van der Waals surface area contributed by atoms with E-state index in [1.54, 1.807) is 13.8 Å². The number of amides is 1. The first-order valence-electron chi connectivity index (χ1n) is 4.56. The van der Waals surface area contributed by atoms with Gasteiger partial charge in [0.25, 0.3) is 0 Å². The number of nitrogens with zero attached hydrogens (tertiary/aromatic N) is 1. The lowest BCUT2D eigenvalue weighted by Crippen LogP contribution is -2.50. The zero-order valence-corrected chi connectivity index (χ0v) is 8.04. The first-order valence-corrected chi connectivity index (χ1v) is 4.56. The molecule has 4 nitrogen and oxygen atoms in total. The van der Waals surface area contributed by atoms with Crippen LogP contribution >= 0.6 is 0 Å². The SMILES string of the molecule is CCC(=O)N1CCCC1(C)C(=O)O. The van der Waals surface area contributed by atoms with Crippen molar-refractivity contribution in [2.75, 3.05) is 6.54 Å². The number of hydrogen-bond acceptors (Lipinski definition) is 2. The van der Waals surface area contributed by atoms with Crippen molar-refractivity contribution in [1.82, 2.24) is 4.90 Å². The molecule has 1 aliphatic rings. The van der Waals surface area contributed by atoms with Crippen molar-refractivity contribution in [3.63, 3.8) is 0 Å². The first-order chi connectivity index (χ1) is 6.02. The molecule has 0 spiro atoms. The summed E-state index contributed by atoms with van der Waals surface area (Å²) in [5.74, 6) is -0.964. The molecule has 1 fully saturated rings. The summed E-state index contributed by atoms with van der Waals surface area (Å²) in [4.78, 5) is 23.8. The molecule has 74 valence electrons. The molecule has 0 aliphatic carbocycles. The highest BCUT2D eigenvalue weighted by Gasteiger charge is 2.45. The van der Waals surface area contributed by atoms with E-state index in [1.165, 1.54) is 4.90 Å². The Morgan fingerprint density at radius 3 is 2.62 bits per heavy atom. The summed E-state index contributed by atoms with van der Waals surface area (Å²) in [5, 5.41) is 8.99. The molecular weight excluding hydrogens is 170 g/mol. The van der Waals surface area contributed by atoms with Gasteiger partial charge in [-0.15, -0.1) is 0 Å². The molecule has 1 aliphatic heterocycles. The predicted octanol–water partition coefficient (Wildman–Crippen LogP) is 0.862. The number of carboxylic acid groups (broad SMARTS) is 1. The van der Waals surface area contributed by atoms with Crippen molar-refractivity contribution in [2.45, 2.75) is 38.6 Å². The van der Waals surface area contributed by atoms with E-state index in [4.69, 9.17) is 5.11 Å². The Morgan fingerprint density at radius 2 is 2.15 bits per heavy atom. The normalized spacial score (nSPS) is 27.7. The van der Waals surface area contributed by atoms with Gasteiger partial charge in [-0.2, -0.15) is 0 Å². The van der Waals surface area contributed by atoms with Crippen LogP contribution in [0.5, 0.6) is 0 Å². The van der Waals surface area contributed by atoms with Gasteiger partial charge in [-0.1, -0.05) is 6.92 Å². The summed E-state index contributed by atoms with van der Waals surface area (Å²) in [5.41, 5.74) is -0.965. The van der Waals surface area contributed by atoms with E-state index in [9.17, 15) is 9.59 Å². The van der Waals surface area contributed by atoms with Gasteiger partial charge in [0.05, 0.1) is 0 Å². The third kappa shape index (κ3) is 1.53. The maximum atomic E-state index is 11.4. The minimum atomic E-state index is -0.965. The summed E-state index contributed by atoms with van der Waals surface area (Å²) >= 11 is 0. The molecule has 1 rings (SSSR count). The summed E-state index contributed by atoms with van der Waals surface area (Å²) in [7, 11) is 0. The number of carbonyl (C=O) groups is 2. The number of hydrogen-bond donors (Lipinski definition) is 1. The quantitative estimate of drug-likeness (QED) is 0.694. The standard InChI is InChI=1S/C9H15NO3/c1-3-7(11)10-6-4-5-9(10,2)8(12)13/h3-6H2,1-2H3,(H,12,13). The highest BCUT2D eigenvalue weighted by atomic mass is 16.4. The summed E-state index contributed by atoms with van der Waals surface area (Å²) in [6.45, 7) is 3.95. The molecule has 1 unspecified atom stereocenters. The molecule has 0 aromatic rings. The van der Waals surface area contributed by atoms with E-state index in [0.717, 1.165) is 6.42 Å². The third-order valence-corrected chi connectivity index (χ3v) is 2.71. The number of aliphatic carboxylic acids is 1. The molecule has 1 N–H and O–H groups in total. The summed E-state index contributed by atoms with van der Waals surface area (Å²) < 4.78 is 0. The van der Waals surface area contributed by atoms with Gasteiger partial charge in [-0.05, 0) is 19.8 Å². The maximum Gasteiger partial charge on any atom is 0.329 e. The van der Waals surface area contributed by atoms with Crippen molar-refractivity contribution >= 4 is 11.9 Å². The minimum Gasteiger partial charge on any atom is -0.480 e. The molecule has 0 aromatic carbocycles. The Hall–Kier alpha value is -1.06. The van der Waals surface area contributed by atoms with Crippen LogP contribution in [0.3, 0.4) is 0 Å². The monoisotopic (exact) mass is 185 g/mol. The molecule has 0 saturated carbocycles. The molecule has 1 atom stereocenters. The Morgan fingerprint density at radius 1 is 1.54 bits per heavy atom. The van der Waals surface area contributed by atoms with Gasteiger partial charge >= 0.3 is 5.97 Å². The molecule has 13 heavy (non-hydrogen) atoms. The molecule has 0 bridgehead atoms. The lowest BCUT2D eigenvalue weighted by atomic mass is 9.99. The van der Waals surface area contributed by atoms with Gasteiger partial charge in [0.2, 0.25) is 5.91 Å². The molecule has 0 aromatic heterocycles. The third-order valence-electron chi connectivity index (χ3n) is 2.71. The number of rotatable bonds is 2. The van der Waals surface area contributed by atoms with Crippen LogP contribution in [-0.4, -0.2) is 34.0 Å². The lowest BCUT2D eigenvalue weighted by Gasteiger charge is -2.30. The van der Waals surface area contributed by atoms with E-state index in [0.29, 0.717) is 19.4 Å². The fraction of sp³-hybridized carbons (Fsp3) is 0.778. The molecular formula is C9H15NO3. The summed E-state index contributed by atoms with van der Waals surface area (Å²) in [6.07, 6.45) is 1.73. The smallest absolute Gasteiger partial charge is 0.329 e. The number of likely N-dealkylation sites (tertiary alicyclic amines) is 1. The van der Waals surface area contributed by atoms with E-state index in [1.807, 2.05) is 0 Å².